The monoisotopic (exact) mass is 325 g/mol. The summed E-state index contributed by atoms with van der Waals surface area (Å²) < 4.78 is 0. The number of likely N-dealkylation sites (N-methyl/N-ethyl adjacent to an activating group) is 1. The Morgan fingerprint density at radius 3 is 2.79 bits per heavy atom. The minimum atomic E-state index is 0. The Balaban J connectivity index is 0.00000162. The summed E-state index contributed by atoms with van der Waals surface area (Å²) in [6.07, 6.45) is 3.29. The molecule has 1 N–H and O–H groups in total. The zero-order valence-electron chi connectivity index (χ0n) is 11.2. The molecule has 1 unspecified atom stereocenters. The van der Waals surface area contributed by atoms with Crippen molar-refractivity contribution in [2.45, 2.75) is 38.8 Å². The number of thiazole rings is 1. The molecule has 1 amide bonds. The Bertz CT molecular complexity index is 394. The molecule has 110 valence electrons. The molecule has 0 bridgehead atoms. The van der Waals surface area contributed by atoms with Crippen molar-refractivity contribution in [3.63, 3.8) is 0 Å². The van der Waals surface area contributed by atoms with Crippen LogP contribution in [-0.4, -0.2) is 35.4 Å². The number of aryl methyl sites for hydroxylation is 1. The van der Waals surface area contributed by atoms with Gasteiger partial charge in [0, 0.05) is 11.9 Å². The van der Waals surface area contributed by atoms with Crippen molar-refractivity contribution in [3.05, 3.63) is 16.1 Å². The van der Waals surface area contributed by atoms with Crippen LogP contribution in [0.4, 0.5) is 0 Å². The van der Waals surface area contributed by atoms with Crippen molar-refractivity contribution in [1.29, 1.82) is 0 Å². The summed E-state index contributed by atoms with van der Waals surface area (Å²) in [4.78, 5) is 19.4. The Kier molecular flexibility index (Phi) is 8.57. The normalized spacial score (nSPS) is 18.1. The molecule has 1 atom stereocenters. The predicted octanol–water partition coefficient (Wildman–Crippen LogP) is 2.40. The lowest BCUT2D eigenvalue weighted by Gasteiger charge is -2.27. The molecule has 1 saturated heterocycles. The Labute approximate surface area is 130 Å². The Morgan fingerprint density at radius 1 is 1.53 bits per heavy atom. The molecule has 4 nitrogen and oxygen atoms in total. The van der Waals surface area contributed by atoms with E-state index in [2.05, 4.69) is 10.3 Å². The van der Waals surface area contributed by atoms with Crippen molar-refractivity contribution < 1.29 is 4.79 Å². The van der Waals surface area contributed by atoms with Crippen LogP contribution in [0.1, 0.15) is 29.8 Å². The molecule has 7 heteroatoms. The van der Waals surface area contributed by atoms with Crippen LogP contribution in [0.2, 0.25) is 0 Å². The third kappa shape index (κ3) is 4.91. The fraction of sp³-hybridized carbons (Fsp3) is 0.667. The highest BCUT2D eigenvalue weighted by molar-refractivity contribution is 7.09. The first kappa shape index (κ1) is 18.6. The molecule has 0 saturated carbocycles. The summed E-state index contributed by atoms with van der Waals surface area (Å²) in [6, 6.07) is 0.0157. The number of halogens is 2. The van der Waals surface area contributed by atoms with Crippen LogP contribution in [0.15, 0.2) is 5.51 Å². The van der Waals surface area contributed by atoms with E-state index >= 15 is 0 Å². The molecule has 0 aromatic carbocycles. The summed E-state index contributed by atoms with van der Waals surface area (Å²) in [7, 11) is 1.87. The van der Waals surface area contributed by atoms with Gasteiger partial charge in [-0.1, -0.05) is 6.42 Å². The number of rotatable bonds is 3. The van der Waals surface area contributed by atoms with Crippen molar-refractivity contribution in [2.75, 3.05) is 13.6 Å². The van der Waals surface area contributed by atoms with Gasteiger partial charge < -0.3 is 10.2 Å². The van der Waals surface area contributed by atoms with E-state index in [0.717, 1.165) is 25.1 Å². The molecule has 2 heterocycles. The highest BCUT2D eigenvalue weighted by atomic mass is 35.5. The minimum Gasteiger partial charge on any atom is -0.339 e. The first-order valence-electron chi connectivity index (χ1n) is 6.06. The Morgan fingerprint density at radius 2 is 2.26 bits per heavy atom. The van der Waals surface area contributed by atoms with Crippen molar-refractivity contribution >= 4 is 42.1 Å². The van der Waals surface area contributed by atoms with Crippen molar-refractivity contribution in [3.8, 4) is 0 Å². The fourth-order valence-corrected chi connectivity index (χ4v) is 2.93. The van der Waals surface area contributed by atoms with Gasteiger partial charge in [0.2, 0.25) is 5.91 Å². The van der Waals surface area contributed by atoms with Crippen LogP contribution in [0.25, 0.3) is 0 Å². The fourth-order valence-electron chi connectivity index (χ4n) is 2.10. The number of amides is 1. The van der Waals surface area contributed by atoms with Gasteiger partial charge in [0.05, 0.1) is 23.8 Å². The standard InChI is InChI=1S/C12H19N3OS.2ClH/c1-9-11(17-8-14-9)7-15(2)12(16)10-5-3-4-6-13-10;;/h8,10,13H,3-7H2,1-2H3;2*1H. The van der Waals surface area contributed by atoms with Crippen molar-refractivity contribution in [1.82, 2.24) is 15.2 Å². The van der Waals surface area contributed by atoms with Crippen LogP contribution in [0.5, 0.6) is 0 Å². The van der Waals surface area contributed by atoms with E-state index in [-0.39, 0.29) is 36.8 Å². The number of carbonyl (C=O) groups is 1. The molecule has 2 rings (SSSR count). The van der Waals surface area contributed by atoms with Crippen LogP contribution in [-0.2, 0) is 11.3 Å². The second-order valence-corrected chi connectivity index (χ2v) is 5.50. The smallest absolute Gasteiger partial charge is 0.239 e. The number of nitrogens with zero attached hydrogens (tertiary/aromatic N) is 2. The topological polar surface area (TPSA) is 45.2 Å². The summed E-state index contributed by atoms with van der Waals surface area (Å²) in [5, 5.41) is 3.29. The van der Waals surface area contributed by atoms with E-state index in [1.165, 1.54) is 11.3 Å². The maximum absolute atomic E-state index is 12.2. The van der Waals surface area contributed by atoms with Gasteiger partial charge in [-0.3, -0.25) is 4.79 Å². The maximum atomic E-state index is 12.2. The maximum Gasteiger partial charge on any atom is 0.239 e. The van der Waals surface area contributed by atoms with Gasteiger partial charge in [0.15, 0.2) is 0 Å². The second kappa shape index (κ2) is 8.74. The number of hydrogen-bond acceptors (Lipinski definition) is 4. The molecule has 1 aliphatic heterocycles. The van der Waals surface area contributed by atoms with Gasteiger partial charge in [-0.25, -0.2) is 4.98 Å². The van der Waals surface area contributed by atoms with E-state index < -0.39 is 0 Å². The largest absolute Gasteiger partial charge is 0.339 e. The SMILES string of the molecule is Cc1ncsc1CN(C)C(=O)C1CCCCN1.Cl.Cl. The molecule has 1 fully saturated rings. The number of carbonyl (C=O) groups excluding carboxylic acids is 1. The van der Waals surface area contributed by atoms with E-state index in [0.29, 0.717) is 6.54 Å². The molecule has 1 aliphatic rings. The highest BCUT2D eigenvalue weighted by Crippen LogP contribution is 2.16. The summed E-state index contributed by atoms with van der Waals surface area (Å²) >= 11 is 1.62. The number of piperidine rings is 1. The second-order valence-electron chi connectivity index (χ2n) is 4.56. The van der Waals surface area contributed by atoms with E-state index in [4.69, 9.17) is 0 Å². The van der Waals surface area contributed by atoms with Crippen LogP contribution >= 0.6 is 36.2 Å². The van der Waals surface area contributed by atoms with E-state index in [1.54, 1.807) is 11.3 Å². The van der Waals surface area contributed by atoms with Gasteiger partial charge >= 0.3 is 0 Å². The zero-order chi connectivity index (χ0) is 12.3. The first-order valence-corrected chi connectivity index (χ1v) is 6.94. The third-order valence-corrected chi connectivity index (χ3v) is 4.13. The zero-order valence-corrected chi connectivity index (χ0v) is 13.7. The molecule has 0 aliphatic carbocycles. The van der Waals surface area contributed by atoms with E-state index in [1.807, 2.05) is 24.4 Å². The first-order chi connectivity index (χ1) is 8.18. The lowest BCUT2D eigenvalue weighted by atomic mass is 10.0. The third-order valence-electron chi connectivity index (χ3n) is 3.21. The van der Waals surface area contributed by atoms with E-state index in [9.17, 15) is 4.79 Å². The average Bonchev–Trinajstić information content (AvgIpc) is 2.75. The van der Waals surface area contributed by atoms with Gasteiger partial charge in [0.25, 0.3) is 0 Å². The lowest BCUT2D eigenvalue weighted by molar-refractivity contribution is -0.133. The predicted molar refractivity (Wildman–Crippen MR) is 83.5 cm³/mol. The lowest BCUT2D eigenvalue weighted by Crippen LogP contribution is -2.46. The van der Waals surface area contributed by atoms with Gasteiger partial charge in [-0.2, -0.15) is 0 Å². The molecular formula is C12H21Cl2N3OS. The molecule has 0 spiro atoms. The molecule has 19 heavy (non-hydrogen) atoms. The minimum absolute atomic E-state index is 0. The summed E-state index contributed by atoms with van der Waals surface area (Å²) in [5.41, 5.74) is 2.87. The van der Waals surface area contributed by atoms with Gasteiger partial charge in [-0.05, 0) is 26.3 Å². The molecule has 0 radical (unpaired) electrons. The summed E-state index contributed by atoms with van der Waals surface area (Å²) in [5.74, 6) is 0.206. The average molecular weight is 326 g/mol. The van der Waals surface area contributed by atoms with Crippen molar-refractivity contribution in [2.24, 2.45) is 0 Å². The quantitative estimate of drug-likeness (QED) is 0.928. The van der Waals surface area contributed by atoms with Crippen LogP contribution in [0, 0.1) is 6.92 Å². The molecule has 1 aromatic rings. The van der Waals surface area contributed by atoms with Crippen LogP contribution < -0.4 is 5.32 Å². The number of aromatic nitrogens is 1. The van der Waals surface area contributed by atoms with Gasteiger partial charge in [0.1, 0.15) is 0 Å². The Hall–Kier alpha value is -0.360. The molecular weight excluding hydrogens is 305 g/mol. The number of hydrogen-bond donors (Lipinski definition) is 1. The number of nitrogens with one attached hydrogen (secondary N) is 1. The molecule has 1 aromatic heterocycles. The van der Waals surface area contributed by atoms with Gasteiger partial charge in [-0.15, -0.1) is 36.2 Å². The van der Waals surface area contributed by atoms with Crippen LogP contribution in [0.3, 0.4) is 0 Å². The summed E-state index contributed by atoms with van der Waals surface area (Å²) in [6.45, 7) is 3.63. The highest BCUT2D eigenvalue weighted by Gasteiger charge is 2.24.